The molecule has 29 heavy (non-hydrogen) atoms. The highest BCUT2D eigenvalue weighted by atomic mass is 79.9. The normalized spacial score (nSPS) is 11.6. The molecular weight excluding hydrogens is 420 g/mol. The van der Waals surface area contributed by atoms with Crippen LogP contribution in [-0.2, 0) is 10.8 Å². The Hall–Kier alpha value is -1.41. The molecular formula is C27H39BrO. The van der Waals surface area contributed by atoms with E-state index < -0.39 is 0 Å². The van der Waals surface area contributed by atoms with Gasteiger partial charge in [0.15, 0.2) is 0 Å². The molecule has 0 bridgehead atoms. The highest BCUT2D eigenvalue weighted by Crippen LogP contribution is 2.30. The average Bonchev–Trinajstić information content (AvgIpc) is 2.71. The van der Waals surface area contributed by atoms with E-state index in [-0.39, 0.29) is 5.41 Å². The lowest BCUT2D eigenvalue weighted by atomic mass is 9.80. The summed E-state index contributed by atoms with van der Waals surface area (Å²) >= 11 is 3.46. The van der Waals surface area contributed by atoms with Crippen molar-refractivity contribution in [3.63, 3.8) is 0 Å². The summed E-state index contributed by atoms with van der Waals surface area (Å²) in [7, 11) is 0. The summed E-state index contributed by atoms with van der Waals surface area (Å²) in [6.07, 6.45) is 8.43. The van der Waals surface area contributed by atoms with Crippen LogP contribution >= 0.6 is 15.9 Å². The maximum absolute atomic E-state index is 10.5. The van der Waals surface area contributed by atoms with Crippen LogP contribution in [-0.4, -0.2) is 6.29 Å². The van der Waals surface area contributed by atoms with Crippen LogP contribution in [0.2, 0.25) is 0 Å². The van der Waals surface area contributed by atoms with Crippen molar-refractivity contribution >= 4 is 22.2 Å². The molecule has 0 aromatic heterocycles. The number of halogens is 1. The van der Waals surface area contributed by atoms with E-state index in [1.165, 1.54) is 49.7 Å². The van der Waals surface area contributed by atoms with Crippen molar-refractivity contribution in [1.82, 2.24) is 0 Å². The summed E-state index contributed by atoms with van der Waals surface area (Å²) < 4.78 is 1.16. The zero-order valence-corrected chi connectivity index (χ0v) is 20.8. The number of hydrogen-bond donors (Lipinski definition) is 0. The van der Waals surface area contributed by atoms with Gasteiger partial charge in [-0.3, -0.25) is 4.79 Å². The van der Waals surface area contributed by atoms with E-state index in [4.69, 9.17) is 0 Å². The van der Waals surface area contributed by atoms with Crippen LogP contribution in [0.4, 0.5) is 0 Å². The van der Waals surface area contributed by atoms with Gasteiger partial charge in [0, 0.05) is 10.0 Å². The first-order chi connectivity index (χ1) is 13.7. The van der Waals surface area contributed by atoms with Crippen LogP contribution in [0.5, 0.6) is 0 Å². The molecule has 160 valence electrons. The molecule has 2 heteroatoms. The maximum Gasteiger partial charge on any atom is 0.150 e. The number of carbonyl (C=O) groups is 1. The van der Waals surface area contributed by atoms with Crippen molar-refractivity contribution in [3.05, 3.63) is 69.7 Å². The van der Waals surface area contributed by atoms with E-state index in [9.17, 15) is 4.79 Å². The number of aldehydes is 1. The predicted molar refractivity (Wildman–Crippen MR) is 131 cm³/mol. The van der Waals surface area contributed by atoms with E-state index in [1.54, 1.807) is 0 Å². The molecule has 2 aromatic rings. The summed E-state index contributed by atoms with van der Waals surface area (Å²) in [5.74, 6) is 0. The molecule has 0 heterocycles. The van der Waals surface area contributed by atoms with E-state index in [1.807, 2.05) is 12.1 Å². The van der Waals surface area contributed by atoms with Crippen molar-refractivity contribution < 1.29 is 4.79 Å². The Morgan fingerprint density at radius 2 is 1.10 bits per heavy atom. The van der Waals surface area contributed by atoms with Gasteiger partial charge in [0.2, 0.25) is 0 Å². The molecule has 0 atom stereocenters. The smallest absolute Gasteiger partial charge is 0.150 e. The van der Waals surface area contributed by atoms with Crippen LogP contribution in [0.3, 0.4) is 0 Å². The molecule has 0 aliphatic carbocycles. The van der Waals surface area contributed by atoms with Gasteiger partial charge in [-0.1, -0.05) is 120 Å². The minimum atomic E-state index is 0.220. The van der Waals surface area contributed by atoms with E-state index in [0.29, 0.717) is 5.41 Å². The minimum Gasteiger partial charge on any atom is -0.298 e. The van der Waals surface area contributed by atoms with Gasteiger partial charge < -0.3 is 0 Å². The molecule has 0 amide bonds. The topological polar surface area (TPSA) is 17.1 Å². The molecule has 0 aliphatic heterocycles. The van der Waals surface area contributed by atoms with E-state index >= 15 is 0 Å². The average molecular weight is 460 g/mol. The van der Waals surface area contributed by atoms with Gasteiger partial charge in [0.05, 0.1) is 0 Å². The summed E-state index contributed by atoms with van der Waals surface area (Å²) in [5, 5.41) is 0. The fourth-order valence-corrected chi connectivity index (χ4v) is 3.70. The van der Waals surface area contributed by atoms with Gasteiger partial charge in [-0.05, 0) is 46.9 Å². The molecule has 1 nitrogen and oxygen atoms in total. The largest absolute Gasteiger partial charge is 0.298 e. The Bertz CT molecular complexity index is 711. The van der Waals surface area contributed by atoms with Crippen LogP contribution in [0.15, 0.2) is 53.0 Å². The Morgan fingerprint density at radius 1 is 0.724 bits per heavy atom. The van der Waals surface area contributed by atoms with Gasteiger partial charge in [-0.25, -0.2) is 0 Å². The SMILES string of the molecule is CCCCC(C)(C)c1ccc(Br)cc1.CCCCC(C)(C)c1ccc(C=O)cc1. The number of benzene rings is 2. The quantitative estimate of drug-likeness (QED) is 0.342. The molecule has 0 spiro atoms. The lowest BCUT2D eigenvalue weighted by Crippen LogP contribution is -2.16. The lowest BCUT2D eigenvalue weighted by molar-refractivity contribution is 0.112. The molecule has 0 unspecified atom stereocenters. The Morgan fingerprint density at radius 3 is 1.45 bits per heavy atom. The van der Waals surface area contributed by atoms with Gasteiger partial charge in [0.25, 0.3) is 0 Å². The molecule has 0 saturated heterocycles. The molecule has 0 saturated carbocycles. The van der Waals surface area contributed by atoms with Crippen molar-refractivity contribution in [2.75, 3.05) is 0 Å². The number of unbranched alkanes of at least 4 members (excludes halogenated alkanes) is 2. The third kappa shape index (κ3) is 8.86. The van der Waals surface area contributed by atoms with Crippen molar-refractivity contribution in [2.45, 2.75) is 90.9 Å². The summed E-state index contributed by atoms with van der Waals surface area (Å²) in [5.41, 5.74) is 4.05. The number of rotatable bonds is 9. The highest BCUT2D eigenvalue weighted by molar-refractivity contribution is 9.10. The fourth-order valence-electron chi connectivity index (χ4n) is 3.44. The zero-order chi connectivity index (χ0) is 21.9. The Labute approximate surface area is 187 Å². The number of hydrogen-bond acceptors (Lipinski definition) is 1. The van der Waals surface area contributed by atoms with Crippen molar-refractivity contribution in [3.8, 4) is 0 Å². The second-order valence-electron chi connectivity index (χ2n) is 9.22. The second kappa shape index (κ2) is 12.3. The van der Waals surface area contributed by atoms with Crippen molar-refractivity contribution in [2.24, 2.45) is 0 Å². The van der Waals surface area contributed by atoms with E-state index in [2.05, 4.69) is 93.9 Å². The summed E-state index contributed by atoms with van der Waals surface area (Å²) in [4.78, 5) is 10.5. The summed E-state index contributed by atoms with van der Waals surface area (Å²) in [6, 6.07) is 16.6. The summed E-state index contributed by atoms with van der Waals surface area (Å²) in [6.45, 7) is 13.6. The molecule has 0 radical (unpaired) electrons. The van der Waals surface area contributed by atoms with Gasteiger partial charge in [-0.15, -0.1) is 0 Å². The van der Waals surface area contributed by atoms with Gasteiger partial charge in [0.1, 0.15) is 6.29 Å². The van der Waals surface area contributed by atoms with Crippen LogP contribution < -0.4 is 0 Å². The lowest BCUT2D eigenvalue weighted by Gasteiger charge is -2.25. The number of carbonyl (C=O) groups excluding carboxylic acids is 1. The minimum absolute atomic E-state index is 0.220. The first-order valence-corrected chi connectivity index (χ1v) is 11.8. The molecule has 2 aromatic carbocycles. The Balaban J connectivity index is 0.000000291. The first-order valence-electron chi connectivity index (χ1n) is 11.0. The molecule has 0 aliphatic rings. The van der Waals surface area contributed by atoms with Crippen LogP contribution in [0.25, 0.3) is 0 Å². The molecule has 0 fully saturated rings. The standard InChI is InChI=1S/C14H20O.C13H19Br/c1-4-5-10-14(2,3)13-8-6-12(11-15)7-9-13;1-4-5-10-13(2,3)11-6-8-12(14)9-7-11/h6-9,11H,4-5,10H2,1-3H3;6-9H,4-5,10H2,1-3H3. The third-order valence-electron chi connectivity index (χ3n) is 5.76. The fraction of sp³-hybridized carbons (Fsp3) is 0.519. The molecule has 0 N–H and O–H groups in total. The monoisotopic (exact) mass is 458 g/mol. The highest BCUT2D eigenvalue weighted by Gasteiger charge is 2.20. The first kappa shape index (κ1) is 25.6. The van der Waals surface area contributed by atoms with E-state index in [0.717, 1.165) is 16.3 Å². The maximum atomic E-state index is 10.5. The van der Waals surface area contributed by atoms with Gasteiger partial charge >= 0.3 is 0 Å². The molecule has 2 rings (SSSR count). The van der Waals surface area contributed by atoms with Crippen LogP contribution in [0, 0.1) is 0 Å². The van der Waals surface area contributed by atoms with Crippen LogP contribution in [0.1, 0.15) is 102 Å². The second-order valence-corrected chi connectivity index (χ2v) is 10.1. The van der Waals surface area contributed by atoms with Gasteiger partial charge in [-0.2, -0.15) is 0 Å². The zero-order valence-electron chi connectivity index (χ0n) is 19.2. The third-order valence-corrected chi connectivity index (χ3v) is 6.29. The van der Waals surface area contributed by atoms with Crippen molar-refractivity contribution in [1.29, 1.82) is 0 Å². The Kier molecular flexibility index (Phi) is 10.9. The predicted octanol–water partition coefficient (Wildman–Crippen LogP) is 8.88.